The lowest BCUT2D eigenvalue weighted by molar-refractivity contribution is 0.102. The number of hydrogen-bond donors (Lipinski definition) is 0. The van der Waals surface area contributed by atoms with E-state index >= 15 is 0 Å². The van der Waals surface area contributed by atoms with Gasteiger partial charge in [0.2, 0.25) is 0 Å². The second-order valence-electron chi connectivity index (χ2n) is 3.97. The summed E-state index contributed by atoms with van der Waals surface area (Å²) >= 11 is 1.60. The summed E-state index contributed by atoms with van der Waals surface area (Å²) in [7, 11) is 0. The summed E-state index contributed by atoms with van der Waals surface area (Å²) in [5.74, 6) is 0.163. The molecule has 0 fully saturated rings. The number of hydrogen-bond acceptors (Lipinski definition) is 2. The summed E-state index contributed by atoms with van der Waals surface area (Å²) in [6, 6.07) is 3.95. The van der Waals surface area contributed by atoms with Crippen molar-refractivity contribution in [3.05, 3.63) is 21.9 Å². The van der Waals surface area contributed by atoms with Gasteiger partial charge in [-0.25, -0.2) is 0 Å². The molecule has 0 amide bonds. The van der Waals surface area contributed by atoms with E-state index in [4.69, 9.17) is 0 Å². The third-order valence-corrected chi connectivity index (χ3v) is 3.30. The maximum Gasteiger partial charge on any atom is 0.169 e. The summed E-state index contributed by atoms with van der Waals surface area (Å²) in [5.41, 5.74) is 0.165. The Balaban J connectivity index is 0.000000791. The van der Waals surface area contributed by atoms with E-state index in [0.717, 1.165) is 4.88 Å². The monoisotopic (exact) mass is 212 g/mol. The molecule has 0 aliphatic rings. The molecule has 1 aromatic rings. The Labute approximate surface area is 91.2 Å². The smallest absolute Gasteiger partial charge is 0.169 e. The van der Waals surface area contributed by atoms with Crippen LogP contribution in [0.5, 0.6) is 0 Å². The van der Waals surface area contributed by atoms with Crippen molar-refractivity contribution < 1.29 is 4.79 Å². The molecule has 0 aliphatic heterocycles. The van der Waals surface area contributed by atoms with E-state index in [2.05, 4.69) is 20.8 Å². The van der Waals surface area contributed by atoms with Gasteiger partial charge >= 0.3 is 0 Å². The summed E-state index contributed by atoms with van der Waals surface area (Å²) in [4.78, 5) is 13.1. The number of rotatable bonds is 1. The average molecular weight is 212 g/mol. The number of ketones is 1. The molecule has 0 saturated heterocycles. The zero-order chi connectivity index (χ0) is 11.4. The molecule has 1 heterocycles. The lowest BCUT2D eigenvalue weighted by Crippen LogP contribution is -2.07. The molecule has 0 spiro atoms. The zero-order valence-electron chi connectivity index (χ0n) is 9.97. The van der Waals surface area contributed by atoms with Crippen molar-refractivity contribution in [2.45, 2.75) is 47.0 Å². The van der Waals surface area contributed by atoms with Crippen molar-refractivity contribution in [3.8, 4) is 0 Å². The van der Waals surface area contributed by atoms with Gasteiger partial charge in [0.05, 0.1) is 4.88 Å². The molecule has 1 nitrogen and oxygen atoms in total. The van der Waals surface area contributed by atoms with E-state index in [9.17, 15) is 4.79 Å². The van der Waals surface area contributed by atoms with Crippen LogP contribution in [0.2, 0.25) is 0 Å². The Bertz CT molecular complexity index is 292. The van der Waals surface area contributed by atoms with Crippen molar-refractivity contribution in [3.63, 3.8) is 0 Å². The van der Waals surface area contributed by atoms with Gasteiger partial charge in [-0.2, -0.15) is 0 Å². The number of thiophene rings is 1. The Hall–Kier alpha value is -0.630. The molecule has 1 aromatic heterocycles. The molecule has 0 radical (unpaired) electrons. The lowest BCUT2D eigenvalue weighted by Gasteiger charge is -2.15. The highest BCUT2D eigenvalue weighted by Gasteiger charge is 2.16. The molecule has 0 atom stereocenters. The van der Waals surface area contributed by atoms with Gasteiger partial charge in [-0.1, -0.05) is 34.6 Å². The Morgan fingerprint density at radius 3 is 1.93 bits per heavy atom. The first-order chi connectivity index (χ1) is 6.41. The molecule has 80 valence electrons. The maximum absolute atomic E-state index is 11.0. The number of Topliss-reactive ketones (excluding diaryl/α,β-unsaturated/α-hetero) is 1. The molecule has 1 rings (SSSR count). The standard InChI is InChI=1S/C10H14OS.C2H6/c1-7(11)8-5-6-9(12-8)10(2,3)4;1-2/h5-6H,1-4H3;1-2H3. The molecule has 0 unspecified atom stereocenters. The second kappa shape index (κ2) is 5.30. The SMILES string of the molecule is CC.CC(=O)c1ccc(C(C)(C)C)s1. The van der Waals surface area contributed by atoms with E-state index in [1.165, 1.54) is 4.88 Å². The van der Waals surface area contributed by atoms with Crippen molar-refractivity contribution in [1.29, 1.82) is 0 Å². The minimum absolute atomic E-state index is 0.163. The summed E-state index contributed by atoms with van der Waals surface area (Å²) in [5, 5.41) is 0. The van der Waals surface area contributed by atoms with Crippen molar-refractivity contribution in [1.82, 2.24) is 0 Å². The third kappa shape index (κ3) is 3.62. The van der Waals surface area contributed by atoms with Crippen LogP contribution in [0.1, 0.15) is 56.1 Å². The van der Waals surface area contributed by atoms with Crippen LogP contribution in [0.15, 0.2) is 12.1 Å². The van der Waals surface area contributed by atoms with Gasteiger partial charge in [0.25, 0.3) is 0 Å². The first-order valence-electron chi connectivity index (χ1n) is 5.02. The van der Waals surface area contributed by atoms with Crippen LogP contribution in [-0.2, 0) is 5.41 Å². The lowest BCUT2D eigenvalue weighted by atomic mass is 9.95. The molecule has 0 saturated carbocycles. The van der Waals surface area contributed by atoms with Crippen LogP contribution in [0.4, 0.5) is 0 Å². The Morgan fingerprint density at radius 2 is 1.71 bits per heavy atom. The molecular weight excluding hydrogens is 192 g/mol. The van der Waals surface area contributed by atoms with E-state index < -0.39 is 0 Å². The van der Waals surface area contributed by atoms with E-state index in [0.29, 0.717) is 0 Å². The predicted octanol–water partition coefficient (Wildman–Crippen LogP) is 4.27. The zero-order valence-corrected chi connectivity index (χ0v) is 10.8. The van der Waals surface area contributed by atoms with Crippen LogP contribution < -0.4 is 0 Å². The predicted molar refractivity (Wildman–Crippen MR) is 64.4 cm³/mol. The van der Waals surface area contributed by atoms with Crippen LogP contribution >= 0.6 is 11.3 Å². The van der Waals surface area contributed by atoms with E-state index in [1.807, 2.05) is 26.0 Å². The number of carbonyl (C=O) groups excluding carboxylic acids is 1. The fourth-order valence-electron chi connectivity index (χ4n) is 0.930. The molecule has 2 heteroatoms. The summed E-state index contributed by atoms with van der Waals surface area (Å²) in [6.07, 6.45) is 0. The van der Waals surface area contributed by atoms with E-state index in [1.54, 1.807) is 18.3 Å². The van der Waals surface area contributed by atoms with Gasteiger partial charge in [-0.05, 0) is 24.5 Å². The van der Waals surface area contributed by atoms with Gasteiger partial charge in [0, 0.05) is 4.88 Å². The minimum atomic E-state index is 0.163. The highest BCUT2D eigenvalue weighted by atomic mass is 32.1. The summed E-state index contributed by atoms with van der Waals surface area (Å²) < 4.78 is 0. The van der Waals surface area contributed by atoms with Gasteiger partial charge in [-0.15, -0.1) is 11.3 Å². The van der Waals surface area contributed by atoms with Crippen molar-refractivity contribution >= 4 is 17.1 Å². The van der Waals surface area contributed by atoms with Crippen molar-refractivity contribution in [2.24, 2.45) is 0 Å². The highest BCUT2D eigenvalue weighted by Crippen LogP contribution is 2.29. The second-order valence-corrected chi connectivity index (χ2v) is 5.05. The van der Waals surface area contributed by atoms with E-state index in [-0.39, 0.29) is 11.2 Å². The maximum atomic E-state index is 11.0. The molecule has 0 N–H and O–H groups in total. The van der Waals surface area contributed by atoms with Gasteiger partial charge in [-0.3, -0.25) is 4.79 Å². The fraction of sp³-hybridized carbons (Fsp3) is 0.583. The molecule has 14 heavy (non-hydrogen) atoms. The first kappa shape index (κ1) is 13.4. The highest BCUT2D eigenvalue weighted by molar-refractivity contribution is 7.14. The topological polar surface area (TPSA) is 17.1 Å². The largest absolute Gasteiger partial charge is 0.294 e. The quantitative estimate of drug-likeness (QED) is 0.635. The first-order valence-corrected chi connectivity index (χ1v) is 5.84. The van der Waals surface area contributed by atoms with Gasteiger partial charge < -0.3 is 0 Å². The summed E-state index contributed by atoms with van der Waals surface area (Å²) in [6.45, 7) is 12.1. The normalized spacial score (nSPS) is 10.4. The van der Waals surface area contributed by atoms with Crippen LogP contribution in [-0.4, -0.2) is 5.78 Å². The minimum Gasteiger partial charge on any atom is -0.294 e. The molecule has 0 bridgehead atoms. The Morgan fingerprint density at radius 1 is 1.21 bits per heavy atom. The molecule has 0 aromatic carbocycles. The third-order valence-electron chi connectivity index (χ3n) is 1.69. The van der Waals surface area contributed by atoms with Crippen molar-refractivity contribution in [2.75, 3.05) is 0 Å². The molecule has 0 aliphatic carbocycles. The van der Waals surface area contributed by atoms with Gasteiger partial charge in [0.15, 0.2) is 5.78 Å². The fourth-order valence-corrected chi connectivity index (χ4v) is 1.89. The Kier molecular flexibility index (Phi) is 5.06. The molecular formula is C12H20OS. The van der Waals surface area contributed by atoms with Crippen LogP contribution in [0.3, 0.4) is 0 Å². The van der Waals surface area contributed by atoms with Crippen LogP contribution in [0, 0.1) is 0 Å². The number of carbonyl (C=O) groups is 1. The average Bonchev–Trinajstić information content (AvgIpc) is 2.54. The van der Waals surface area contributed by atoms with Gasteiger partial charge in [0.1, 0.15) is 0 Å². The van der Waals surface area contributed by atoms with Crippen LogP contribution in [0.25, 0.3) is 0 Å².